The van der Waals surface area contributed by atoms with Gasteiger partial charge in [0.2, 0.25) is 0 Å². The van der Waals surface area contributed by atoms with Gasteiger partial charge < -0.3 is 5.73 Å². The molecule has 0 radical (unpaired) electrons. The largest absolute Gasteiger partial charge is 0.383 e. The van der Waals surface area contributed by atoms with Crippen molar-refractivity contribution in [3.63, 3.8) is 0 Å². The van der Waals surface area contributed by atoms with Gasteiger partial charge in [0.1, 0.15) is 17.5 Å². The van der Waals surface area contributed by atoms with E-state index >= 15 is 0 Å². The van der Waals surface area contributed by atoms with Crippen LogP contribution in [0.25, 0.3) is 22.3 Å². The van der Waals surface area contributed by atoms with Crippen molar-refractivity contribution in [2.75, 3.05) is 5.73 Å². The first-order valence-electron chi connectivity index (χ1n) is 5.62. The molecule has 0 spiro atoms. The smallest absolute Gasteiger partial charge is 0.162 e. The number of nitrogens with zero attached hydrogens (tertiary/aromatic N) is 2. The van der Waals surface area contributed by atoms with Gasteiger partial charge in [-0.3, -0.25) is 0 Å². The lowest BCUT2D eigenvalue weighted by atomic mass is 10.1. The summed E-state index contributed by atoms with van der Waals surface area (Å²) in [6, 6.07) is 10.3. The maximum absolute atomic E-state index is 13.2. The number of nitrogen functional groups attached to an aromatic ring is 1. The van der Waals surface area contributed by atoms with Gasteiger partial charge in [0, 0.05) is 17.0 Å². The summed E-state index contributed by atoms with van der Waals surface area (Å²) in [6.07, 6.45) is 0. The molecule has 94 valence electrons. The molecule has 2 N–H and O–H groups in total. The summed E-state index contributed by atoms with van der Waals surface area (Å²) in [6.45, 7) is 0. The monoisotopic (exact) mass is 257 g/mol. The molecule has 0 amide bonds. The zero-order valence-corrected chi connectivity index (χ0v) is 9.77. The first-order chi connectivity index (χ1) is 9.13. The molecule has 3 rings (SSSR count). The van der Waals surface area contributed by atoms with Crippen molar-refractivity contribution in [1.29, 1.82) is 0 Å². The van der Waals surface area contributed by atoms with Crippen LogP contribution in [-0.2, 0) is 0 Å². The van der Waals surface area contributed by atoms with Crippen molar-refractivity contribution in [3.05, 3.63) is 54.1 Å². The average molecular weight is 257 g/mol. The van der Waals surface area contributed by atoms with E-state index in [9.17, 15) is 8.78 Å². The lowest BCUT2D eigenvalue weighted by Gasteiger charge is -2.05. The number of anilines is 1. The molecular weight excluding hydrogens is 248 g/mol. The molecule has 1 heterocycles. The minimum absolute atomic E-state index is 0.203. The van der Waals surface area contributed by atoms with E-state index in [0.717, 1.165) is 6.07 Å². The van der Waals surface area contributed by atoms with Crippen LogP contribution in [-0.4, -0.2) is 9.97 Å². The van der Waals surface area contributed by atoms with Gasteiger partial charge in [0.05, 0.1) is 5.52 Å². The molecule has 0 aliphatic carbocycles. The number of rotatable bonds is 1. The van der Waals surface area contributed by atoms with Crippen LogP contribution in [0.2, 0.25) is 0 Å². The first kappa shape index (κ1) is 11.5. The van der Waals surface area contributed by atoms with E-state index in [2.05, 4.69) is 9.97 Å². The highest BCUT2D eigenvalue weighted by molar-refractivity contribution is 5.89. The lowest BCUT2D eigenvalue weighted by molar-refractivity contribution is 0.584. The van der Waals surface area contributed by atoms with Gasteiger partial charge in [-0.05, 0) is 24.3 Å². The van der Waals surface area contributed by atoms with Crippen LogP contribution >= 0.6 is 0 Å². The number of aromatic nitrogens is 2. The number of para-hydroxylation sites is 1. The molecule has 3 nitrogen and oxygen atoms in total. The highest BCUT2D eigenvalue weighted by Crippen LogP contribution is 2.23. The van der Waals surface area contributed by atoms with Gasteiger partial charge in [0.15, 0.2) is 5.82 Å². The molecule has 0 saturated carbocycles. The zero-order chi connectivity index (χ0) is 13.4. The van der Waals surface area contributed by atoms with Crippen molar-refractivity contribution in [2.45, 2.75) is 0 Å². The van der Waals surface area contributed by atoms with Crippen molar-refractivity contribution in [2.24, 2.45) is 0 Å². The molecule has 0 fully saturated rings. The Labute approximate surface area is 107 Å². The van der Waals surface area contributed by atoms with Gasteiger partial charge in [-0.15, -0.1) is 0 Å². The van der Waals surface area contributed by atoms with Crippen LogP contribution in [0.5, 0.6) is 0 Å². The summed E-state index contributed by atoms with van der Waals surface area (Å²) in [7, 11) is 0. The Bertz CT molecular complexity index is 751. The summed E-state index contributed by atoms with van der Waals surface area (Å²) in [5.41, 5.74) is 6.73. The second-order valence-corrected chi connectivity index (χ2v) is 4.11. The van der Waals surface area contributed by atoms with E-state index in [4.69, 9.17) is 5.73 Å². The van der Waals surface area contributed by atoms with Gasteiger partial charge >= 0.3 is 0 Å². The van der Waals surface area contributed by atoms with Crippen molar-refractivity contribution >= 4 is 16.7 Å². The summed E-state index contributed by atoms with van der Waals surface area (Å²) >= 11 is 0. The molecular formula is C14H9F2N3. The van der Waals surface area contributed by atoms with Crippen molar-refractivity contribution in [1.82, 2.24) is 9.97 Å². The average Bonchev–Trinajstić information content (AvgIpc) is 2.37. The number of nitrogens with two attached hydrogens (primary N) is 1. The predicted octanol–water partition coefficient (Wildman–Crippen LogP) is 3.16. The Morgan fingerprint density at radius 1 is 0.895 bits per heavy atom. The molecule has 0 unspecified atom stereocenters. The Morgan fingerprint density at radius 3 is 2.32 bits per heavy atom. The number of halogens is 2. The summed E-state index contributed by atoms with van der Waals surface area (Å²) in [5, 5.41) is 0.711. The van der Waals surface area contributed by atoms with Gasteiger partial charge in [-0.25, -0.2) is 18.7 Å². The van der Waals surface area contributed by atoms with Crippen LogP contribution in [0, 0.1) is 11.6 Å². The third-order valence-corrected chi connectivity index (χ3v) is 2.75. The summed E-state index contributed by atoms with van der Waals surface area (Å²) < 4.78 is 26.4. The topological polar surface area (TPSA) is 51.8 Å². The van der Waals surface area contributed by atoms with Crippen LogP contribution in [0.1, 0.15) is 0 Å². The second kappa shape index (κ2) is 4.28. The van der Waals surface area contributed by atoms with Gasteiger partial charge in [0.25, 0.3) is 0 Å². The fourth-order valence-electron chi connectivity index (χ4n) is 1.91. The third-order valence-electron chi connectivity index (χ3n) is 2.75. The Kier molecular flexibility index (Phi) is 2.59. The molecule has 2 aromatic carbocycles. The van der Waals surface area contributed by atoms with E-state index in [0.29, 0.717) is 10.9 Å². The maximum atomic E-state index is 13.2. The van der Waals surface area contributed by atoms with Gasteiger partial charge in [-0.1, -0.05) is 12.1 Å². The van der Waals surface area contributed by atoms with E-state index in [1.807, 2.05) is 12.1 Å². The SMILES string of the molecule is Nc1nc(-c2cc(F)cc(F)c2)nc2ccccc12. The molecule has 5 heteroatoms. The first-order valence-corrected chi connectivity index (χ1v) is 5.62. The molecule has 3 aromatic rings. The molecule has 0 atom stereocenters. The van der Waals surface area contributed by atoms with Crippen LogP contribution in [0.3, 0.4) is 0 Å². The van der Waals surface area contributed by atoms with Crippen LogP contribution < -0.4 is 5.73 Å². The fourth-order valence-corrected chi connectivity index (χ4v) is 1.91. The van der Waals surface area contributed by atoms with Gasteiger partial charge in [-0.2, -0.15) is 0 Å². The van der Waals surface area contributed by atoms with Crippen LogP contribution in [0.15, 0.2) is 42.5 Å². The lowest BCUT2D eigenvalue weighted by Crippen LogP contribution is -1.98. The maximum Gasteiger partial charge on any atom is 0.162 e. The molecule has 0 saturated heterocycles. The van der Waals surface area contributed by atoms with Crippen molar-refractivity contribution in [3.8, 4) is 11.4 Å². The minimum atomic E-state index is -0.676. The highest BCUT2D eigenvalue weighted by atomic mass is 19.1. The Morgan fingerprint density at radius 2 is 1.58 bits per heavy atom. The van der Waals surface area contributed by atoms with Crippen molar-refractivity contribution < 1.29 is 8.78 Å². The number of hydrogen-bond acceptors (Lipinski definition) is 3. The van der Waals surface area contributed by atoms with E-state index in [1.54, 1.807) is 12.1 Å². The quantitative estimate of drug-likeness (QED) is 0.728. The second-order valence-electron chi connectivity index (χ2n) is 4.11. The standard InChI is InChI=1S/C14H9F2N3/c15-9-5-8(6-10(16)7-9)14-18-12-4-2-1-3-11(12)13(17)19-14/h1-7H,(H2,17,18,19). The molecule has 19 heavy (non-hydrogen) atoms. The minimum Gasteiger partial charge on any atom is -0.383 e. The Hall–Kier alpha value is -2.56. The molecule has 0 aliphatic rings. The number of fused-ring (bicyclic) bond motifs is 1. The summed E-state index contributed by atoms with van der Waals surface area (Å²) in [5.74, 6) is -0.865. The van der Waals surface area contributed by atoms with E-state index < -0.39 is 11.6 Å². The van der Waals surface area contributed by atoms with E-state index in [-0.39, 0.29) is 17.2 Å². The fraction of sp³-hybridized carbons (Fsp3) is 0. The number of hydrogen-bond donors (Lipinski definition) is 1. The van der Waals surface area contributed by atoms with E-state index in [1.165, 1.54) is 12.1 Å². The predicted molar refractivity (Wildman–Crippen MR) is 69.3 cm³/mol. The molecule has 1 aromatic heterocycles. The highest BCUT2D eigenvalue weighted by Gasteiger charge is 2.09. The molecule has 0 aliphatic heterocycles. The molecule has 0 bridgehead atoms. The normalized spacial score (nSPS) is 10.8. The Balaban J connectivity index is 2.25. The third kappa shape index (κ3) is 2.10. The van der Waals surface area contributed by atoms with Crippen LogP contribution in [0.4, 0.5) is 14.6 Å². The number of benzene rings is 2. The zero-order valence-electron chi connectivity index (χ0n) is 9.77. The summed E-state index contributed by atoms with van der Waals surface area (Å²) in [4.78, 5) is 8.35.